The average molecular weight is 411 g/mol. The third-order valence-electron chi connectivity index (χ3n) is 6.50. The van der Waals surface area contributed by atoms with Crippen molar-refractivity contribution in [1.82, 2.24) is 14.5 Å². The van der Waals surface area contributed by atoms with Crippen molar-refractivity contribution in [2.75, 3.05) is 31.1 Å². The number of piperazine rings is 1. The van der Waals surface area contributed by atoms with Crippen LogP contribution in [0, 0.1) is 11.8 Å². The van der Waals surface area contributed by atoms with Crippen molar-refractivity contribution in [3.05, 3.63) is 34.6 Å². The van der Waals surface area contributed by atoms with Gasteiger partial charge in [-0.2, -0.15) is 0 Å². The fourth-order valence-electron chi connectivity index (χ4n) is 4.87. The van der Waals surface area contributed by atoms with Gasteiger partial charge in [0, 0.05) is 39.1 Å². The van der Waals surface area contributed by atoms with Crippen molar-refractivity contribution in [2.45, 2.75) is 58.9 Å². The van der Waals surface area contributed by atoms with Gasteiger partial charge in [-0.15, -0.1) is 0 Å². The molecular weight excluding hydrogens is 376 g/mol. The molecular formula is C24H34N4O2. The minimum absolute atomic E-state index is 0.0237. The first-order valence-electron chi connectivity index (χ1n) is 11.5. The molecule has 1 amide bonds. The van der Waals surface area contributed by atoms with E-state index in [9.17, 15) is 9.59 Å². The third-order valence-corrected chi connectivity index (χ3v) is 6.50. The Kier molecular flexibility index (Phi) is 6.40. The second kappa shape index (κ2) is 9.19. The largest absolute Gasteiger partial charge is 0.348 e. The van der Waals surface area contributed by atoms with Crippen LogP contribution in [0.2, 0.25) is 0 Å². The number of fused-ring (bicyclic) bond motifs is 1. The number of rotatable bonds is 5. The van der Waals surface area contributed by atoms with Gasteiger partial charge in [0.05, 0.1) is 11.0 Å². The lowest BCUT2D eigenvalue weighted by Crippen LogP contribution is -2.51. The lowest BCUT2D eigenvalue weighted by Gasteiger charge is -2.36. The van der Waals surface area contributed by atoms with Crippen molar-refractivity contribution < 1.29 is 4.79 Å². The Morgan fingerprint density at radius 1 is 1.07 bits per heavy atom. The molecule has 0 atom stereocenters. The number of hydrogen-bond acceptors (Lipinski definition) is 4. The van der Waals surface area contributed by atoms with E-state index >= 15 is 0 Å². The number of nitrogens with zero attached hydrogens (tertiary/aromatic N) is 4. The van der Waals surface area contributed by atoms with Crippen molar-refractivity contribution in [3.8, 4) is 0 Å². The van der Waals surface area contributed by atoms with Gasteiger partial charge < -0.3 is 14.4 Å². The van der Waals surface area contributed by atoms with Gasteiger partial charge in [0.25, 0.3) is 5.56 Å². The Morgan fingerprint density at radius 3 is 2.47 bits per heavy atom. The molecule has 2 heterocycles. The van der Waals surface area contributed by atoms with Crippen LogP contribution in [0.4, 0.5) is 5.82 Å². The van der Waals surface area contributed by atoms with Crippen molar-refractivity contribution in [1.29, 1.82) is 0 Å². The zero-order valence-corrected chi connectivity index (χ0v) is 18.3. The molecule has 0 unspecified atom stereocenters. The summed E-state index contributed by atoms with van der Waals surface area (Å²) in [5, 5.41) is 0. The van der Waals surface area contributed by atoms with Crippen molar-refractivity contribution >= 4 is 22.8 Å². The number of carbonyl (C=O) groups is 1. The first-order chi connectivity index (χ1) is 14.5. The summed E-state index contributed by atoms with van der Waals surface area (Å²) in [6.45, 7) is 7.59. The normalized spacial score (nSPS) is 18.4. The second-order valence-corrected chi connectivity index (χ2v) is 9.31. The summed E-state index contributed by atoms with van der Waals surface area (Å²) in [7, 11) is 0. The van der Waals surface area contributed by atoms with Crippen LogP contribution in [-0.2, 0) is 11.3 Å². The van der Waals surface area contributed by atoms with E-state index < -0.39 is 0 Å². The molecule has 1 saturated heterocycles. The maximum atomic E-state index is 13.3. The molecule has 1 aromatic heterocycles. The van der Waals surface area contributed by atoms with Crippen LogP contribution >= 0.6 is 0 Å². The summed E-state index contributed by atoms with van der Waals surface area (Å²) >= 11 is 0. The number of carbonyl (C=O) groups excluding carboxylic acids is 1. The molecule has 6 nitrogen and oxygen atoms in total. The van der Waals surface area contributed by atoms with Crippen molar-refractivity contribution in [3.63, 3.8) is 0 Å². The predicted molar refractivity (Wildman–Crippen MR) is 121 cm³/mol. The van der Waals surface area contributed by atoms with E-state index in [-0.39, 0.29) is 11.5 Å². The van der Waals surface area contributed by atoms with E-state index in [2.05, 4.69) is 18.7 Å². The van der Waals surface area contributed by atoms with Crippen LogP contribution in [0.5, 0.6) is 0 Å². The molecule has 2 aliphatic rings. The second-order valence-electron chi connectivity index (χ2n) is 9.31. The van der Waals surface area contributed by atoms with Crippen LogP contribution in [-0.4, -0.2) is 46.5 Å². The molecule has 1 saturated carbocycles. The number of hydrogen-bond donors (Lipinski definition) is 0. The SMILES string of the molecule is CC(C)Cn1c(=O)c(N2CCN(C(=O)CC3CCCCC3)CC2)nc2ccccc21. The Labute approximate surface area is 178 Å². The van der Waals surface area contributed by atoms with Crippen molar-refractivity contribution in [2.24, 2.45) is 11.8 Å². The van der Waals surface area contributed by atoms with Gasteiger partial charge in [-0.25, -0.2) is 4.98 Å². The lowest BCUT2D eigenvalue weighted by molar-refractivity contribution is -0.132. The minimum atomic E-state index is -0.0237. The Bertz CT molecular complexity index is 938. The molecule has 0 radical (unpaired) electrons. The molecule has 2 aromatic rings. The van der Waals surface area contributed by atoms with Gasteiger partial charge >= 0.3 is 0 Å². The fourth-order valence-corrected chi connectivity index (χ4v) is 4.87. The molecule has 6 heteroatoms. The molecule has 2 fully saturated rings. The van der Waals surface area contributed by atoms with Gasteiger partial charge in [0.15, 0.2) is 5.82 Å². The standard InChI is InChI=1S/C24H34N4O2/c1-18(2)17-28-21-11-7-6-10-20(21)25-23(24(28)30)27-14-12-26(13-15-27)22(29)16-19-8-4-3-5-9-19/h6-7,10-11,18-19H,3-5,8-9,12-17H2,1-2H3. The van der Waals surface area contributed by atoms with E-state index in [1.54, 1.807) is 0 Å². The molecule has 1 aromatic carbocycles. The fraction of sp³-hybridized carbons (Fsp3) is 0.625. The number of anilines is 1. The van der Waals surface area contributed by atoms with Gasteiger partial charge in [0.1, 0.15) is 0 Å². The van der Waals surface area contributed by atoms with E-state index in [0.29, 0.717) is 56.8 Å². The van der Waals surface area contributed by atoms with Gasteiger partial charge in [-0.3, -0.25) is 9.59 Å². The first-order valence-corrected chi connectivity index (χ1v) is 11.5. The molecule has 1 aliphatic carbocycles. The minimum Gasteiger partial charge on any atom is -0.348 e. The summed E-state index contributed by atoms with van der Waals surface area (Å²) in [5.41, 5.74) is 1.72. The highest BCUT2D eigenvalue weighted by atomic mass is 16.2. The van der Waals surface area contributed by atoms with Crippen LogP contribution in [0.25, 0.3) is 11.0 Å². The first kappa shape index (κ1) is 20.9. The molecule has 0 spiro atoms. The van der Waals surface area contributed by atoms with E-state index in [0.717, 1.165) is 11.0 Å². The number of para-hydroxylation sites is 2. The molecule has 162 valence electrons. The van der Waals surface area contributed by atoms with E-state index in [1.807, 2.05) is 33.7 Å². The topological polar surface area (TPSA) is 58.4 Å². The summed E-state index contributed by atoms with van der Waals surface area (Å²) in [4.78, 5) is 34.8. The van der Waals surface area contributed by atoms with Gasteiger partial charge in [-0.1, -0.05) is 45.2 Å². The Hall–Kier alpha value is -2.37. The number of aromatic nitrogens is 2. The summed E-state index contributed by atoms with van der Waals surface area (Å²) < 4.78 is 1.86. The zero-order valence-electron chi connectivity index (χ0n) is 18.3. The predicted octanol–water partition coefficient (Wildman–Crippen LogP) is 3.67. The Balaban J connectivity index is 1.48. The van der Waals surface area contributed by atoms with E-state index in [1.165, 1.54) is 32.1 Å². The molecule has 0 N–H and O–H groups in total. The smallest absolute Gasteiger partial charge is 0.294 e. The molecule has 0 bridgehead atoms. The highest BCUT2D eigenvalue weighted by molar-refractivity contribution is 5.77. The summed E-state index contributed by atoms with van der Waals surface area (Å²) in [6.07, 6.45) is 6.93. The maximum absolute atomic E-state index is 13.3. The van der Waals surface area contributed by atoms with Crippen LogP contribution < -0.4 is 10.5 Å². The quantitative estimate of drug-likeness (QED) is 0.755. The van der Waals surface area contributed by atoms with E-state index in [4.69, 9.17) is 4.98 Å². The molecule has 4 rings (SSSR count). The van der Waals surface area contributed by atoms with Gasteiger partial charge in [0.2, 0.25) is 5.91 Å². The number of amides is 1. The number of benzene rings is 1. The molecule has 30 heavy (non-hydrogen) atoms. The van der Waals surface area contributed by atoms with Crippen LogP contribution in [0.15, 0.2) is 29.1 Å². The highest BCUT2D eigenvalue weighted by Gasteiger charge is 2.26. The highest BCUT2D eigenvalue weighted by Crippen LogP contribution is 2.27. The van der Waals surface area contributed by atoms with Gasteiger partial charge in [-0.05, 0) is 36.8 Å². The summed E-state index contributed by atoms with van der Waals surface area (Å²) in [5.74, 6) is 1.74. The third kappa shape index (κ3) is 4.52. The lowest BCUT2D eigenvalue weighted by atomic mass is 9.86. The summed E-state index contributed by atoms with van der Waals surface area (Å²) in [6, 6.07) is 7.86. The monoisotopic (exact) mass is 410 g/mol. The van der Waals surface area contributed by atoms with Crippen LogP contribution in [0.1, 0.15) is 52.4 Å². The zero-order chi connectivity index (χ0) is 21.1. The average Bonchev–Trinajstić information content (AvgIpc) is 2.76. The Morgan fingerprint density at radius 2 is 1.77 bits per heavy atom. The van der Waals surface area contributed by atoms with Crippen LogP contribution in [0.3, 0.4) is 0 Å². The molecule has 1 aliphatic heterocycles. The maximum Gasteiger partial charge on any atom is 0.294 e.